The second-order valence-electron chi connectivity index (χ2n) is 6.76. The van der Waals surface area contributed by atoms with Gasteiger partial charge in [-0.2, -0.15) is 4.98 Å². The van der Waals surface area contributed by atoms with Crippen molar-refractivity contribution in [2.24, 2.45) is 0 Å². The minimum Gasteiger partial charge on any atom is -0.497 e. The van der Waals surface area contributed by atoms with Crippen LogP contribution in [0.5, 0.6) is 5.75 Å². The van der Waals surface area contributed by atoms with Gasteiger partial charge in [-0.3, -0.25) is 4.79 Å². The van der Waals surface area contributed by atoms with E-state index < -0.39 is 0 Å². The lowest BCUT2D eigenvalue weighted by Gasteiger charge is -2.16. The molecule has 1 amide bonds. The Bertz CT molecular complexity index is 932. The molecule has 2 aromatic heterocycles. The summed E-state index contributed by atoms with van der Waals surface area (Å²) in [6, 6.07) is 12.0. The molecule has 1 atom stereocenters. The van der Waals surface area contributed by atoms with Gasteiger partial charge in [0.15, 0.2) is 5.82 Å². The van der Waals surface area contributed by atoms with Crippen molar-refractivity contribution in [3.63, 3.8) is 0 Å². The summed E-state index contributed by atoms with van der Waals surface area (Å²) < 4.78 is 10.6. The van der Waals surface area contributed by atoms with E-state index >= 15 is 0 Å². The van der Waals surface area contributed by atoms with Crippen molar-refractivity contribution in [3.05, 3.63) is 63.4 Å². The number of hydrogen-bond acceptors (Lipinski definition) is 6. The van der Waals surface area contributed by atoms with E-state index in [9.17, 15) is 4.79 Å². The lowest BCUT2D eigenvalue weighted by atomic mass is 10.1. The molecule has 1 aliphatic heterocycles. The van der Waals surface area contributed by atoms with Crippen molar-refractivity contribution in [1.82, 2.24) is 15.0 Å². The Morgan fingerprint density at radius 3 is 2.78 bits per heavy atom. The number of benzene rings is 1. The number of methoxy groups -OCH3 is 1. The van der Waals surface area contributed by atoms with Gasteiger partial charge in [0, 0.05) is 35.7 Å². The summed E-state index contributed by atoms with van der Waals surface area (Å²) in [4.78, 5) is 21.3. The first kappa shape index (κ1) is 17.7. The predicted molar refractivity (Wildman–Crippen MR) is 102 cm³/mol. The highest BCUT2D eigenvalue weighted by Crippen LogP contribution is 2.29. The molecule has 27 heavy (non-hydrogen) atoms. The van der Waals surface area contributed by atoms with Crippen LogP contribution in [-0.2, 0) is 17.8 Å². The van der Waals surface area contributed by atoms with Crippen molar-refractivity contribution >= 4 is 17.2 Å². The first-order valence-corrected chi connectivity index (χ1v) is 9.71. The van der Waals surface area contributed by atoms with Crippen LogP contribution in [0.1, 0.15) is 39.4 Å². The maximum atomic E-state index is 12.4. The van der Waals surface area contributed by atoms with E-state index in [1.807, 2.05) is 29.2 Å². The number of aryl methyl sites for hydroxylation is 1. The number of carbonyl (C=O) groups is 1. The normalized spacial score (nSPS) is 16.9. The Kier molecular flexibility index (Phi) is 4.94. The van der Waals surface area contributed by atoms with E-state index in [1.54, 1.807) is 18.4 Å². The van der Waals surface area contributed by atoms with Crippen molar-refractivity contribution in [3.8, 4) is 5.75 Å². The summed E-state index contributed by atoms with van der Waals surface area (Å²) >= 11 is 1.74. The maximum Gasteiger partial charge on any atom is 0.232 e. The smallest absolute Gasteiger partial charge is 0.232 e. The van der Waals surface area contributed by atoms with Crippen molar-refractivity contribution in [1.29, 1.82) is 0 Å². The molecule has 1 aromatic carbocycles. The minimum atomic E-state index is -0.0397. The van der Waals surface area contributed by atoms with Gasteiger partial charge in [-0.25, -0.2) is 0 Å². The standard InChI is InChI=1S/C20H21N3O3S/c1-13-3-8-17(27-13)10-18-21-20(26-22-18)15-9-19(24)23(12-15)11-14-4-6-16(25-2)7-5-14/h3-8,15H,9-12H2,1-2H3. The van der Waals surface area contributed by atoms with Crippen molar-refractivity contribution in [2.45, 2.75) is 32.2 Å². The van der Waals surface area contributed by atoms with Crippen molar-refractivity contribution in [2.75, 3.05) is 13.7 Å². The molecular formula is C20H21N3O3S. The molecule has 4 rings (SSSR count). The number of hydrogen-bond donors (Lipinski definition) is 0. The molecule has 1 aliphatic rings. The van der Waals surface area contributed by atoms with E-state index in [0.717, 1.165) is 11.3 Å². The number of thiophene rings is 1. The Morgan fingerprint density at radius 2 is 2.07 bits per heavy atom. The van der Waals surface area contributed by atoms with Gasteiger partial charge in [0.1, 0.15) is 5.75 Å². The summed E-state index contributed by atoms with van der Waals surface area (Å²) in [6.45, 7) is 3.26. The number of carbonyl (C=O) groups excluding carboxylic acids is 1. The van der Waals surface area contributed by atoms with Crippen LogP contribution in [0.2, 0.25) is 0 Å². The molecule has 1 unspecified atom stereocenters. The minimum absolute atomic E-state index is 0.0397. The average Bonchev–Trinajstić information content (AvgIpc) is 3.38. The van der Waals surface area contributed by atoms with Gasteiger partial charge in [-0.05, 0) is 36.8 Å². The largest absolute Gasteiger partial charge is 0.497 e. The lowest BCUT2D eigenvalue weighted by molar-refractivity contribution is -0.128. The highest BCUT2D eigenvalue weighted by molar-refractivity contribution is 7.11. The fraction of sp³-hybridized carbons (Fsp3) is 0.350. The summed E-state index contributed by atoms with van der Waals surface area (Å²) in [5.41, 5.74) is 1.07. The zero-order valence-electron chi connectivity index (χ0n) is 15.3. The Labute approximate surface area is 161 Å². The van der Waals surface area contributed by atoms with E-state index in [1.165, 1.54) is 9.75 Å². The molecule has 0 N–H and O–H groups in total. The molecule has 1 fully saturated rings. The highest BCUT2D eigenvalue weighted by Gasteiger charge is 2.34. The number of amides is 1. The van der Waals surface area contributed by atoms with Gasteiger partial charge >= 0.3 is 0 Å². The van der Waals surface area contributed by atoms with E-state index in [0.29, 0.717) is 37.6 Å². The monoisotopic (exact) mass is 383 g/mol. The van der Waals surface area contributed by atoms with Gasteiger partial charge in [0.05, 0.1) is 13.0 Å². The first-order valence-electron chi connectivity index (χ1n) is 8.89. The molecule has 0 aliphatic carbocycles. The molecule has 3 heterocycles. The number of ether oxygens (including phenoxy) is 1. The van der Waals surface area contributed by atoms with Gasteiger partial charge in [-0.15, -0.1) is 11.3 Å². The first-order chi connectivity index (χ1) is 13.1. The second kappa shape index (κ2) is 7.52. The van der Waals surface area contributed by atoms with E-state index in [2.05, 4.69) is 29.2 Å². The fourth-order valence-corrected chi connectivity index (χ4v) is 4.17. The topological polar surface area (TPSA) is 68.5 Å². The van der Waals surface area contributed by atoms with Crippen LogP contribution in [0.15, 0.2) is 40.9 Å². The molecule has 0 saturated carbocycles. The van der Waals surface area contributed by atoms with Crippen LogP contribution >= 0.6 is 11.3 Å². The quantitative estimate of drug-likeness (QED) is 0.651. The molecule has 3 aromatic rings. The van der Waals surface area contributed by atoms with Crippen LogP contribution in [-0.4, -0.2) is 34.6 Å². The van der Waals surface area contributed by atoms with Gasteiger partial charge in [0.25, 0.3) is 0 Å². The fourth-order valence-electron chi connectivity index (χ4n) is 3.28. The van der Waals surface area contributed by atoms with Crippen LogP contribution in [0.25, 0.3) is 0 Å². The molecule has 0 radical (unpaired) electrons. The van der Waals surface area contributed by atoms with E-state index in [4.69, 9.17) is 9.26 Å². The van der Waals surface area contributed by atoms with Gasteiger partial charge < -0.3 is 14.2 Å². The Morgan fingerprint density at radius 1 is 1.26 bits per heavy atom. The molecule has 0 spiro atoms. The van der Waals surface area contributed by atoms with Gasteiger partial charge in [0.2, 0.25) is 11.8 Å². The van der Waals surface area contributed by atoms with Gasteiger partial charge in [-0.1, -0.05) is 17.3 Å². The van der Waals surface area contributed by atoms with Crippen LogP contribution in [0.4, 0.5) is 0 Å². The third kappa shape index (κ3) is 4.03. The molecule has 7 heteroatoms. The number of nitrogens with zero attached hydrogens (tertiary/aromatic N) is 3. The number of rotatable bonds is 6. The average molecular weight is 383 g/mol. The number of likely N-dealkylation sites (tertiary alicyclic amines) is 1. The SMILES string of the molecule is COc1ccc(CN2CC(c3nc(Cc4ccc(C)s4)no3)CC2=O)cc1. The summed E-state index contributed by atoms with van der Waals surface area (Å²) in [5, 5.41) is 4.10. The lowest BCUT2D eigenvalue weighted by Crippen LogP contribution is -2.24. The van der Waals surface area contributed by atoms with Crippen LogP contribution < -0.4 is 4.74 Å². The van der Waals surface area contributed by atoms with E-state index in [-0.39, 0.29) is 11.8 Å². The zero-order chi connectivity index (χ0) is 18.8. The third-order valence-electron chi connectivity index (χ3n) is 4.71. The summed E-state index contributed by atoms with van der Waals surface area (Å²) in [6.07, 6.45) is 1.08. The predicted octanol–water partition coefficient (Wildman–Crippen LogP) is 3.56. The van der Waals surface area contributed by atoms with Crippen LogP contribution in [0.3, 0.4) is 0 Å². The second-order valence-corrected chi connectivity index (χ2v) is 8.13. The van der Waals surface area contributed by atoms with Crippen LogP contribution in [0, 0.1) is 6.92 Å². The third-order valence-corrected chi connectivity index (χ3v) is 5.71. The zero-order valence-corrected chi connectivity index (χ0v) is 16.2. The molecule has 1 saturated heterocycles. The molecule has 6 nitrogen and oxygen atoms in total. The summed E-state index contributed by atoms with van der Waals surface area (Å²) in [7, 11) is 1.64. The summed E-state index contributed by atoms with van der Waals surface area (Å²) in [5.74, 6) is 2.12. The molecular weight excluding hydrogens is 362 g/mol. The Balaban J connectivity index is 1.39. The van der Waals surface area contributed by atoms with Crippen molar-refractivity contribution < 1.29 is 14.1 Å². The molecule has 140 valence electrons. The highest BCUT2D eigenvalue weighted by atomic mass is 32.1. The molecule has 0 bridgehead atoms. The Hall–Kier alpha value is -2.67. The maximum absolute atomic E-state index is 12.4. The number of aromatic nitrogens is 2.